The van der Waals surface area contributed by atoms with Gasteiger partial charge in [-0.1, -0.05) is 32.4 Å². The van der Waals surface area contributed by atoms with Crippen molar-refractivity contribution in [3.63, 3.8) is 0 Å². The first-order valence-corrected chi connectivity index (χ1v) is 8.70. The number of hydrogen-bond acceptors (Lipinski definition) is 3. The minimum Gasteiger partial charge on any atom is -0.353 e. The van der Waals surface area contributed by atoms with Gasteiger partial charge in [0, 0.05) is 35.3 Å². The average Bonchev–Trinajstić information content (AvgIpc) is 2.50. The van der Waals surface area contributed by atoms with Crippen molar-refractivity contribution >= 4 is 29.1 Å². The van der Waals surface area contributed by atoms with Gasteiger partial charge in [-0.2, -0.15) is 0 Å². The van der Waals surface area contributed by atoms with Crippen molar-refractivity contribution in [3.8, 4) is 0 Å². The van der Waals surface area contributed by atoms with Crippen LogP contribution in [0.1, 0.15) is 33.6 Å². The largest absolute Gasteiger partial charge is 0.353 e. The molecule has 1 heterocycles. The van der Waals surface area contributed by atoms with Gasteiger partial charge < -0.3 is 10.6 Å². The molecule has 132 valence electrons. The molecule has 5 nitrogen and oxygen atoms in total. The zero-order valence-corrected chi connectivity index (χ0v) is 15.3. The van der Waals surface area contributed by atoms with E-state index < -0.39 is 0 Å². The van der Waals surface area contributed by atoms with E-state index in [1.54, 1.807) is 24.3 Å². The molecule has 1 aromatic rings. The quantitative estimate of drug-likeness (QED) is 0.876. The van der Waals surface area contributed by atoms with Crippen LogP contribution in [0.2, 0.25) is 5.02 Å². The Bertz CT molecular complexity index is 573. The van der Waals surface area contributed by atoms with Crippen molar-refractivity contribution in [1.29, 1.82) is 0 Å². The lowest BCUT2D eigenvalue weighted by molar-refractivity contribution is -0.129. The lowest BCUT2D eigenvalue weighted by Gasteiger charge is -2.33. The fourth-order valence-corrected chi connectivity index (χ4v) is 2.70. The van der Waals surface area contributed by atoms with Gasteiger partial charge in [-0.05, 0) is 37.1 Å². The van der Waals surface area contributed by atoms with E-state index >= 15 is 0 Å². The molecule has 0 unspecified atom stereocenters. The van der Waals surface area contributed by atoms with Crippen LogP contribution in [0.5, 0.6) is 0 Å². The average molecular weight is 352 g/mol. The van der Waals surface area contributed by atoms with E-state index in [4.69, 9.17) is 11.6 Å². The highest BCUT2D eigenvalue weighted by Crippen LogP contribution is 2.17. The van der Waals surface area contributed by atoms with E-state index in [-0.39, 0.29) is 23.3 Å². The summed E-state index contributed by atoms with van der Waals surface area (Å²) in [6, 6.07) is 7.27. The highest BCUT2D eigenvalue weighted by Gasteiger charge is 2.27. The van der Waals surface area contributed by atoms with Crippen molar-refractivity contribution in [3.05, 3.63) is 29.3 Å². The Morgan fingerprint density at radius 2 is 1.75 bits per heavy atom. The fourth-order valence-electron chi connectivity index (χ4n) is 2.57. The summed E-state index contributed by atoms with van der Waals surface area (Å²) in [5, 5.41) is 6.62. The predicted octanol–water partition coefficient (Wildman–Crippen LogP) is 2.91. The molecule has 0 atom stereocenters. The van der Waals surface area contributed by atoms with Gasteiger partial charge in [-0.3, -0.25) is 14.5 Å². The second-order valence-electron chi connectivity index (χ2n) is 7.33. The monoisotopic (exact) mass is 351 g/mol. The third kappa shape index (κ3) is 5.80. The Balaban J connectivity index is 1.73. The lowest BCUT2D eigenvalue weighted by Crippen LogP contribution is -2.48. The summed E-state index contributed by atoms with van der Waals surface area (Å²) in [4.78, 5) is 26.2. The number of piperidine rings is 1. The number of rotatable bonds is 4. The molecule has 1 aromatic carbocycles. The van der Waals surface area contributed by atoms with E-state index in [9.17, 15) is 9.59 Å². The van der Waals surface area contributed by atoms with E-state index in [1.165, 1.54) is 0 Å². The van der Waals surface area contributed by atoms with Crippen LogP contribution in [0, 0.1) is 5.41 Å². The van der Waals surface area contributed by atoms with Crippen molar-refractivity contribution in [2.45, 2.75) is 39.7 Å². The van der Waals surface area contributed by atoms with Gasteiger partial charge >= 0.3 is 0 Å². The Morgan fingerprint density at radius 3 is 2.29 bits per heavy atom. The molecule has 1 saturated heterocycles. The summed E-state index contributed by atoms with van der Waals surface area (Å²) >= 11 is 5.83. The van der Waals surface area contributed by atoms with Gasteiger partial charge in [0.2, 0.25) is 11.8 Å². The van der Waals surface area contributed by atoms with Crippen LogP contribution >= 0.6 is 11.6 Å². The number of benzene rings is 1. The maximum absolute atomic E-state index is 12.1. The number of carbonyl (C=O) groups is 2. The molecule has 6 heteroatoms. The number of hydrogen-bond donors (Lipinski definition) is 2. The number of amides is 2. The van der Waals surface area contributed by atoms with Crippen LogP contribution in [-0.4, -0.2) is 42.4 Å². The molecule has 0 radical (unpaired) electrons. The standard InChI is InChI=1S/C18H26ClN3O2/c1-18(2,3)17(24)21-15-8-10-22(11-9-15)12-16(23)20-14-6-4-13(19)5-7-14/h4-7,15H,8-12H2,1-3H3,(H,20,23)(H,21,24). The highest BCUT2D eigenvalue weighted by molar-refractivity contribution is 6.30. The molecule has 0 spiro atoms. The third-order valence-corrected chi connectivity index (χ3v) is 4.35. The van der Waals surface area contributed by atoms with Crippen LogP contribution in [0.15, 0.2) is 24.3 Å². The Labute approximate surface area is 148 Å². The second kappa shape index (κ2) is 7.99. The minimum absolute atomic E-state index is 0.0329. The molecule has 24 heavy (non-hydrogen) atoms. The zero-order valence-electron chi connectivity index (χ0n) is 14.6. The van der Waals surface area contributed by atoms with Gasteiger partial charge in [0.15, 0.2) is 0 Å². The van der Waals surface area contributed by atoms with Crippen LogP contribution in [-0.2, 0) is 9.59 Å². The van der Waals surface area contributed by atoms with E-state index in [0.29, 0.717) is 11.6 Å². The van der Waals surface area contributed by atoms with Crippen LogP contribution in [0.25, 0.3) is 0 Å². The molecule has 1 aliphatic heterocycles. The van der Waals surface area contributed by atoms with Crippen molar-refractivity contribution < 1.29 is 9.59 Å². The second-order valence-corrected chi connectivity index (χ2v) is 7.77. The highest BCUT2D eigenvalue weighted by atomic mass is 35.5. The normalized spacial score (nSPS) is 16.7. The molecular weight excluding hydrogens is 326 g/mol. The first kappa shape index (κ1) is 18.7. The van der Waals surface area contributed by atoms with Crippen molar-refractivity contribution in [1.82, 2.24) is 10.2 Å². The molecule has 2 N–H and O–H groups in total. The third-order valence-electron chi connectivity index (χ3n) is 4.10. The summed E-state index contributed by atoms with van der Waals surface area (Å²) in [7, 11) is 0. The first-order valence-electron chi connectivity index (χ1n) is 8.33. The Hall–Kier alpha value is -1.59. The number of likely N-dealkylation sites (tertiary alicyclic amines) is 1. The zero-order chi connectivity index (χ0) is 17.7. The van der Waals surface area contributed by atoms with E-state index in [2.05, 4.69) is 15.5 Å². The predicted molar refractivity (Wildman–Crippen MR) is 97.1 cm³/mol. The number of anilines is 1. The number of carbonyl (C=O) groups excluding carboxylic acids is 2. The van der Waals surface area contributed by atoms with Gasteiger partial charge in [0.1, 0.15) is 0 Å². The van der Waals surface area contributed by atoms with Gasteiger partial charge in [0.05, 0.1) is 6.54 Å². The molecular formula is C18H26ClN3O2. The van der Waals surface area contributed by atoms with Gasteiger partial charge in [-0.15, -0.1) is 0 Å². The number of nitrogens with zero attached hydrogens (tertiary/aromatic N) is 1. The minimum atomic E-state index is -0.365. The number of halogens is 1. The van der Waals surface area contributed by atoms with Crippen molar-refractivity contribution in [2.24, 2.45) is 5.41 Å². The SMILES string of the molecule is CC(C)(C)C(=O)NC1CCN(CC(=O)Nc2ccc(Cl)cc2)CC1. The molecule has 0 aliphatic carbocycles. The maximum atomic E-state index is 12.1. The van der Waals surface area contributed by atoms with Crippen LogP contribution in [0.3, 0.4) is 0 Å². The molecule has 2 rings (SSSR count). The molecule has 0 aromatic heterocycles. The Morgan fingerprint density at radius 1 is 1.17 bits per heavy atom. The van der Waals surface area contributed by atoms with Crippen LogP contribution in [0.4, 0.5) is 5.69 Å². The van der Waals surface area contributed by atoms with E-state index in [0.717, 1.165) is 31.6 Å². The van der Waals surface area contributed by atoms with Crippen molar-refractivity contribution in [2.75, 3.05) is 25.0 Å². The van der Waals surface area contributed by atoms with E-state index in [1.807, 2.05) is 20.8 Å². The molecule has 1 aliphatic rings. The maximum Gasteiger partial charge on any atom is 0.238 e. The summed E-state index contributed by atoms with van der Waals surface area (Å²) in [5.74, 6) is 0.0518. The number of nitrogens with one attached hydrogen (secondary N) is 2. The summed E-state index contributed by atoms with van der Waals surface area (Å²) in [6.07, 6.45) is 1.74. The smallest absolute Gasteiger partial charge is 0.238 e. The Kier molecular flexibility index (Phi) is 6.24. The summed E-state index contributed by atoms with van der Waals surface area (Å²) in [5.41, 5.74) is 0.381. The summed E-state index contributed by atoms with van der Waals surface area (Å²) in [6.45, 7) is 7.73. The molecule has 1 fully saturated rings. The molecule has 0 bridgehead atoms. The van der Waals surface area contributed by atoms with Crippen LogP contribution < -0.4 is 10.6 Å². The topological polar surface area (TPSA) is 61.4 Å². The fraction of sp³-hybridized carbons (Fsp3) is 0.556. The lowest BCUT2D eigenvalue weighted by atomic mass is 9.94. The molecule has 0 saturated carbocycles. The molecule has 2 amide bonds. The summed E-state index contributed by atoms with van der Waals surface area (Å²) < 4.78 is 0. The first-order chi connectivity index (χ1) is 11.2. The van der Waals surface area contributed by atoms with Gasteiger partial charge in [0.25, 0.3) is 0 Å². The van der Waals surface area contributed by atoms with Gasteiger partial charge in [-0.25, -0.2) is 0 Å².